The number of phenolic OH excluding ortho intramolecular Hbond substituents is 1. The van der Waals surface area contributed by atoms with Crippen LogP contribution in [0.1, 0.15) is 16.9 Å². The zero-order valence-electron chi connectivity index (χ0n) is 9.91. The predicted molar refractivity (Wildman–Crippen MR) is 67.5 cm³/mol. The summed E-state index contributed by atoms with van der Waals surface area (Å²) in [6, 6.07) is 3.11. The van der Waals surface area contributed by atoms with Crippen molar-refractivity contribution in [2.45, 2.75) is 20.3 Å². The van der Waals surface area contributed by atoms with Crippen molar-refractivity contribution in [3.05, 3.63) is 51.9 Å². The molecule has 1 aromatic heterocycles. The van der Waals surface area contributed by atoms with Gasteiger partial charge in [-0.05, 0) is 32.4 Å². The van der Waals surface area contributed by atoms with E-state index in [1.807, 2.05) is 0 Å². The van der Waals surface area contributed by atoms with E-state index >= 15 is 0 Å². The van der Waals surface area contributed by atoms with Crippen molar-refractivity contribution in [1.82, 2.24) is 0 Å². The second kappa shape index (κ2) is 4.09. The molecular weight excluding hydrogens is 216 g/mol. The monoisotopic (exact) mass is 230 g/mol. The van der Waals surface area contributed by atoms with Crippen molar-refractivity contribution in [2.75, 3.05) is 0 Å². The Labute approximate surface area is 99.0 Å². The molecule has 0 fully saturated rings. The van der Waals surface area contributed by atoms with Crippen molar-refractivity contribution in [3.63, 3.8) is 0 Å². The summed E-state index contributed by atoms with van der Waals surface area (Å²) in [6.07, 6.45) is 2.14. The van der Waals surface area contributed by atoms with E-state index in [1.165, 1.54) is 6.07 Å². The summed E-state index contributed by atoms with van der Waals surface area (Å²) in [4.78, 5) is 12.0. The van der Waals surface area contributed by atoms with Crippen LogP contribution >= 0.6 is 0 Å². The van der Waals surface area contributed by atoms with Crippen LogP contribution in [0.5, 0.6) is 5.75 Å². The molecule has 1 heterocycles. The average molecular weight is 230 g/mol. The molecule has 0 aliphatic rings. The third-order valence-corrected chi connectivity index (χ3v) is 2.95. The minimum absolute atomic E-state index is 0.0472. The predicted octanol–water partition coefficient (Wildman–Crippen LogP) is 2.84. The molecule has 2 rings (SSSR count). The van der Waals surface area contributed by atoms with Crippen molar-refractivity contribution in [2.24, 2.45) is 0 Å². The maximum atomic E-state index is 12.0. The van der Waals surface area contributed by atoms with Gasteiger partial charge < -0.3 is 9.52 Å². The van der Waals surface area contributed by atoms with Crippen molar-refractivity contribution in [3.8, 4) is 5.75 Å². The molecule has 0 saturated carbocycles. The van der Waals surface area contributed by atoms with Crippen LogP contribution in [0.3, 0.4) is 0 Å². The standard InChI is InChI=1S/C14H14O3/c1-4-5-10-12(15)7-6-11-13(16)8(2)9(3)17-14(10)11/h4,6-7,15H,1,5H2,2-3H3. The molecular formula is C14H14O3. The Hall–Kier alpha value is -2.03. The number of rotatable bonds is 2. The van der Waals surface area contributed by atoms with Gasteiger partial charge in [0, 0.05) is 11.1 Å². The summed E-state index contributed by atoms with van der Waals surface area (Å²) in [5.41, 5.74) is 1.62. The molecule has 3 heteroatoms. The molecule has 1 N–H and O–H groups in total. The van der Waals surface area contributed by atoms with Crippen LogP contribution in [-0.2, 0) is 6.42 Å². The molecule has 0 radical (unpaired) electrons. The molecule has 3 nitrogen and oxygen atoms in total. The molecule has 88 valence electrons. The summed E-state index contributed by atoms with van der Waals surface area (Å²) in [5.74, 6) is 0.710. The number of fused-ring (bicyclic) bond motifs is 1. The number of phenols is 1. The topological polar surface area (TPSA) is 50.4 Å². The lowest BCUT2D eigenvalue weighted by molar-refractivity contribution is 0.466. The molecule has 0 atom stereocenters. The van der Waals surface area contributed by atoms with E-state index in [-0.39, 0.29) is 11.2 Å². The lowest BCUT2D eigenvalue weighted by Crippen LogP contribution is -2.08. The van der Waals surface area contributed by atoms with E-state index in [0.717, 1.165) is 0 Å². The van der Waals surface area contributed by atoms with Gasteiger partial charge in [0.25, 0.3) is 0 Å². The molecule has 1 aromatic carbocycles. The molecule has 0 spiro atoms. The lowest BCUT2D eigenvalue weighted by Gasteiger charge is -2.08. The molecule has 0 aliphatic carbocycles. The average Bonchev–Trinajstić information content (AvgIpc) is 2.30. The van der Waals surface area contributed by atoms with Gasteiger partial charge >= 0.3 is 0 Å². The first-order chi connectivity index (χ1) is 8.06. The van der Waals surface area contributed by atoms with Crippen molar-refractivity contribution >= 4 is 11.0 Å². The quantitative estimate of drug-likeness (QED) is 0.807. The normalized spacial score (nSPS) is 10.7. The second-order valence-corrected chi connectivity index (χ2v) is 4.05. The van der Waals surface area contributed by atoms with Crippen LogP contribution in [-0.4, -0.2) is 5.11 Å². The van der Waals surface area contributed by atoms with Crippen LogP contribution in [0.4, 0.5) is 0 Å². The molecule has 17 heavy (non-hydrogen) atoms. The highest BCUT2D eigenvalue weighted by atomic mass is 16.3. The summed E-state index contributed by atoms with van der Waals surface area (Å²) < 4.78 is 5.63. The summed E-state index contributed by atoms with van der Waals surface area (Å²) in [5, 5.41) is 10.3. The summed E-state index contributed by atoms with van der Waals surface area (Å²) >= 11 is 0. The molecule has 0 bridgehead atoms. The first kappa shape index (κ1) is 11.5. The van der Waals surface area contributed by atoms with Crippen LogP contribution in [0.25, 0.3) is 11.0 Å². The van der Waals surface area contributed by atoms with Gasteiger partial charge in [0.2, 0.25) is 0 Å². The first-order valence-corrected chi connectivity index (χ1v) is 5.42. The smallest absolute Gasteiger partial charge is 0.195 e. The SMILES string of the molecule is C=CCc1c(O)ccc2c(=O)c(C)c(C)oc12. The highest BCUT2D eigenvalue weighted by Gasteiger charge is 2.13. The van der Waals surface area contributed by atoms with Crippen molar-refractivity contribution in [1.29, 1.82) is 0 Å². The Bertz CT molecular complexity index is 651. The van der Waals surface area contributed by atoms with Crippen molar-refractivity contribution < 1.29 is 9.52 Å². The Morgan fingerprint density at radius 3 is 2.76 bits per heavy atom. The number of hydrogen-bond donors (Lipinski definition) is 1. The molecule has 0 saturated heterocycles. The second-order valence-electron chi connectivity index (χ2n) is 4.05. The lowest BCUT2D eigenvalue weighted by atomic mass is 10.0. The van der Waals surface area contributed by atoms with Gasteiger partial charge in [-0.2, -0.15) is 0 Å². The number of aryl methyl sites for hydroxylation is 1. The molecule has 0 unspecified atom stereocenters. The highest BCUT2D eigenvalue weighted by molar-refractivity contribution is 5.82. The fourth-order valence-corrected chi connectivity index (χ4v) is 1.85. The Kier molecular flexibility index (Phi) is 2.76. The zero-order valence-corrected chi connectivity index (χ0v) is 9.91. The first-order valence-electron chi connectivity index (χ1n) is 5.42. The summed E-state index contributed by atoms with van der Waals surface area (Å²) in [7, 11) is 0. The summed E-state index contributed by atoms with van der Waals surface area (Å²) in [6.45, 7) is 7.12. The van der Waals surface area contributed by atoms with Gasteiger partial charge in [-0.25, -0.2) is 0 Å². The fraction of sp³-hybridized carbons (Fsp3) is 0.214. The number of benzene rings is 1. The minimum atomic E-state index is -0.0472. The largest absolute Gasteiger partial charge is 0.508 e. The molecule has 0 aliphatic heterocycles. The Balaban J connectivity index is 2.95. The Morgan fingerprint density at radius 1 is 1.41 bits per heavy atom. The third-order valence-electron chi connectivity index (χ3n) is 2.95. The number of hydrogen-bond acceptors (Lipinski definition) is 3. The zero-order chi connectivity index (χ0) is 12.6. The van der Waals surface area contributed by atoms with E-state index in [1.54, 1.807) is 26.0 Å². The van der Waals surface area contributed by atoms with E-state index in [2.05, 4.69) is 6.58 Å². The van der Waals surface area contributed by atoms with Crippen LogP contribution in [0.2, 0.25) is 0 Å². The van der Waals surface area contributed by atoms with Gasteiger partial charge in [-0.15, -0.1) is 6.58 Å². The molecule has 2 aromatic rings. The van der Waals surface area contributed by atoms with Crippen LogP contribution in [0.15, 0.2) is 34.0 Å². The van der Waals surface area contributed by atoms with E-state index in [0.29, 0.717) is 34.3 Å². The van der Waals surface area contributed by atoms with E-state index in [4.69, 9.17) is 4.42 Å². The van der Waals surface area contributed by atoms with Gasteiger partial charge in [0.15, 0.2) is 5.43 Å². The van der Waals surface area contributed by atoms with Gasteiger partial charge in [0.05, 0.1) is 5.39 Å². The fourth-order valence-electron chi connectivity index (χ4n) is 1.85. The number of aromatic hydroxyl groups is 1. The molecule has 0 amide bonds. The van der Waals surface area contributed by atoms with Crippen LogP contribution in [0, 0.1) is 13.8 Å². The van der Waals surface area contributed by atoms with Gasteiger partial charge in [0.1, 0.15) is 17.1 Å². The third kappa shape index (κ3) is 1.73. The van der Waals surface area contributed by atoms with E-state index in [9.17, 15) is 9.90 Å². The van der Waals surface area contributed by atoms with Gasteiger partial charge in [-0.3, -0.25) is 4.79 Å². The van der Waals surface area contributed by atoms with E-state index < -0.39 is 0 Å². The Morgan fingerprint density at radius 2 is 2.12 bits per heavy atom. The highest BCUT2D eigenvalue weighted by Crippen LogP contribution is 2.27. The number of allylic oxidation sites excluding steroid dienone is 1. The van der Waals surface area contributed by atoms with Crippen LogP contribution < -0.4 is 5.43 Å². The van der Waals surface area contributed by atoms with Gasteiger partial charge in [-0.1, -0.05) is 6.08 Å². The minimum Gasteiger partial charge on any atom is -0.508 e. The maximum absolute atomic E-state index is 12.0. The maximum Gasteiger partial charge on any atom is 0.195 e.